The third-order valence-corrected chi connectivity index (χ3v) is 3.96. The van der Waals surface area contributed by atoms with Gasteiger partial charge < -0.3 is 5.32 Å². The lowest BCUT2D eigenvalue weighted by atomic mass is 10.2. The molecule has 0 fully saturated rings. The largest absolute Gasteiger partial charge is 0.314 e. The Morgan fingerprint density at radius 1 is 1.32 bits per heavy atom. The van der Waals surface area contributed by atoms with Crippen LogP contribution in [0.4, 0.5) is 10.1 Å². The zero-order valence-corrected chi connectivity index (χ0v) is 12.3. The molecule has 0 aliphatic carbocycles. The Morgan fingerprint density at radius 3 is 2.58 bits per heavy atom. The predicted octanol–water partition coefficient (Wildman–Crippen LogP) is 2.26. The molecule has 0 amide bonds. The number of halogens is 1. The maximum atomic E-state index is 13.3. The van der Waals surface area contributed by atoms with Gasteiger partial charge in [0, 0.05) is 6.04 Å². The fraction of sp³-hybridized carbons (Fsp3) is 0.538. The summed E-state index contributed by atoms with van der Waals surface area (Å²) >= 11 is 0. The van der Waals surface area contributed by atoms with E-state index in [1.165, 1.54) is 6.07 Å². The monoisotopic (exact) mass is 288 g/mol. The Kier molecular flexibility index (Phi) is 5.75. The summed E-state index contributed by atoms with van der Waals surface area (Å²) in [5.74, 6) is -0.399. The first kappa shape index (κ1) is 15.9. The molecule has 0 saturated heterocycles. The second-order valence-electron chi connectivity index (χ2n) is 4.85. The second-order valence-corrected chi connectivity index (χ2v) is 6.69. The highest BCUT2D eigenvalue weighted by Gasteiger charge is 2.11. The van der Waals surface area contributed by atoms with Gasteiger partial charge in [0.25, 0.3) is 0 Å². The van der Waals surface area contributed by atoms with Gasteiger partial charge in [0.2, 0.25) is 10.0 Å². The van der Waals surface area contributed by atoms with Crippen LogP contribution in [0.25, 0.3) is 0 Å². The van der Waals surface area contributed by atoms with Gasteiger partial charge in [-0.2, -0.15) is 0 Å². The van der Waals surface area contributed by atoms with Crippen molar-refractivity contribution in [1.29, 1.82) is 0 Å². The first-order valence-electron chi connectivity index (χ1n) is 6.30. The van der Waals surface area contributed by atoms with Crippen molar-refractivity contribution in [2.45, 2.75) is 33.2 Å². The number of hydrogen-bond donors (Lipinski definition) is 2. The predicted molar refractivity (Wildman–Crippen MR) is 76.3 cm³/mol. The summed E-state index contributed by atoms with van der Waals surface area (Å²) in [4.78, 5) is 0. The molecule has 0 aliphatic heterocycles. The van der Waals surface area contributed by atoms with Crippen molar-refractivity contribution in [1.82, 2.24) is 5.32 Å². The van der Waals surface area contributed by atoms with Crippen LogP contribution in [0.5, 0.6) is 0 Å². The summed E-state index contributed by atoms with van der Waals surface area (Å²) in [6.07, 6.45) is 0.516. The number of anilines is 1. The molecule has 4 nitrogen and oxygen atoms in total. The molecule has 0 heterocycles. The fourth-order valence-electron chi connectivity index (χ4n) is 1.54. The Hall–Kier alpha value is -1.14. The third kappa shape index (κ3) is 6.02. The Morgan fingerprint density at radius 2 is 2.00 bits per heavy atom. The van der Waals surface area contributed by atoms with Crippen LogP contribution in [0.1, 0.15) is 25.8 Å². The van der Waals surface area contributed by atoms with Crippen molar-refractivity contribution < 1.29 is 12.8 Å². The molecular weight excluding hydrogens is 267 g/mol. The molecule has 0 aromatic heterocycles. The number of rotatable bonds is 7. The lowest BCUT2D eigenvalue weighted by Gasteiger charge is -2.10. The Labute approximate surface area is 114 Å². The van der Waals surface area contributed by atoms with E-state index in [2.05, 4.69) is 10.0 Å². The molecule has 1 aromatic carbocycles. The summed E-state index contributed by atoms with van der Waals surface area (Å²) in [7, 11) is -3.42. The van der Waals surface area contributed by atoms with Gasteiger partial charge in [0.05, 0.1) is 11.4 Å². The highest BCUT2D eigenvalue weighted by atomic mass is 32.2. The van der Waals surface area contributed by atoms with E-state index < -0.39 is 15.8 Å². The van der Waals surface area contributed by atoms with Gasteiger partial charge in [-0.15, -0.1) is 0 Å². The van der Waals surface area contributed by atoms with Gasteiger partial charge in [0.15, 0.2) is 0 Å². The summed E-state index contributed by atoms with van der Waals surface area (Å²) in [5, 5.41) is 3.15. The second kappa shape index (κ2) is 6.86. The Balaban J connectivity index is 2.52. The molecule has 0 unspecified atom stereocenters. The molecule has 0 spiro atoms. The molecule has 1 rings (SSSR count). The minimum absolute atomic E-state index is 0.0161. The van der Waals surface area contributed by atoms with Crippen molar-refractivity contribution in [3.05, 3.63) is 29.6 Å². The average molecular weight is 288 g/mol. The van der Waals surface area contributed by atoms with Crippen LogP contribution in [-0.4, -0.2) is 26.8 Å². The van der Waals surface area contributed by atoms with Crippen molar-refractivity contribution >= 4 is 15.7 Å². The van der Waals surface area contributed by atoms with Crippen LogP contribution in [0, 0.1) is 12.7 Å². The van der Waals surface area contributed by atoms with Crippen LogP contribution in [-0.2, 0) is 10.0 Å². The molecular formula is C13H21FN2O2S. The van der Waals surface area contributed by atoms with Gasteiger partial charge in [-0.25, -0.2) is 12.8 Å². The van der Waals surface area contributed by atoms with Gasteiger partial charge in [-0.3, -0.25) is 4.72 Å². The number of hydrogen-bond acceptors (Lipinski definition) is 3. The molecule has 0 radical (unpaired) electrons. The smallest absolute Gasteiger partial charge is 0.232 e. The molecule has 108 valence electrons. The fourth-order valence-corrected chi connectivity index (χ4v) is 2.65. The van der Waals surface area contributed by atoms with Crippen LogP contribution in [0.3, 0.4) is 0 Å². The van der Waals surface area contributed by atoms with Crippen LogP contribution < -0.4 is 10.0 Å². The van der Waals surface area contributed by atoms with Crippen LogP contribution in [0.15, 0.2) is 18.2 Å². The molecule has 6 heteroatoms. The zero-order chi connectivity index (χ0) is 14.5. The minimum Gasteiger partial charge on any atom is -0.314 e. The summed E-state index contributed by atoms with van der Waals surface area (Å²) in [6.45, 7) is 6.27. The van der Waals surface area contributed by atoms with E-state index in [1.807, 2.05) is 13.8 Å². The number of sulfonamides is 1. The molecule has 19 heavy (non-hydrogen) atoms. The van der Waals surface area contributed by atoms with E-state index in [1.54, 1.807) is 19.1 Å². The van der Waals surface area contributed by atoms with Crippen molar-refractivity contribution in [3.63, 3.8) is 0 Å². The highest BCUT2D eigenvalue weighted by molar-refractivity contribution is 7.92. The maximum Gasteiger partial charge on any atom is 0.232 e. The van der Waals surface area contributed by atoms with Crippen molar-refractivity contribution in [3.8, 4) is 0 Å². The van der Waals surface area contributed by atoms with E-state index in [-0.39, 0.29) is 11.4 Å². The van der Waals surface area contributed by atoms with E-state index in [9.17, 15) is 12.8 Å². The summed E-state index contributed by atoms with van der Waals surface area (Å²) < 4.78 is 39.2. The summed E-state index contributed by atoms with van der Waals surface area (Å²) in [6, 6.07) is 4.64. The van der Waals surface area contributed by atoms with E-state index in [0.717, 1.165) is 0 Å². The highest BCUT2D eigenvalue weighted by Crippen LogP contribution is 2.15. The summed E-state index contributed by atoms with van der Waals surface area (Å²) in [5.41, 5.74) is 0.754. The first-order valence-corrected chi connectivity index (χ1v) is 7.95. The van der Waals surface area contributed by atoms with Crippen molar-refractivity contribution in [2.24, 2.45) is 0 Å². The van der Waals surface area contributed by atoms with Gasteiger partial charge >= 0.3 is 0 Å². The molecule has 0 aliphatic rings. The van der Waals surface area contributed by atoms with Crippen LogP contribution >= 0.6 is 0 Å². The lowest BCUT2D eigenvalue weighted by molar-refractivity contribution is 0.571. The molecule has 0 atom stereocenters. The topological polar surface area (TPSA) is 58.2 Å². The maximum absolute atomic E-state index is 13.3. The number of nitrogens with one attached hydrogen (secondary N) is 2. The SMILES string of the molecule is Cc1ccc(NS(=O)(=O)CCCNC(C)C)cc1F. The van der Waals surface area contributed by atoms with Gasteiger partial charge in [-0.05, 0) is 37.6 Å². The average Bonchev–Trinajstić information content (AvgIpc) is 2.29. The molecule has 1 aromatic rings. The van der Waals surface area contributed by atoms with Gasteiger partial charge in [0.1, 0.15) is 5.82 Å². The number of benzene rings is 1. The number of aryl methyl sites for hydroxylation is 1. The van der Waals surface area contributed by atoms with E-state index in [0.29, 0.717) is 24.6 Å². The normalized spacial score (nSPS) is 11.8. The molecule has 0 bridgehead atoms. The van der Waals surface area contributed by atoms with E-state index in [4.69, 9.17) is 0 Å². The lowest BCUT2D eigenvalue weighted by Crippen LogP contribution is -2.26. The molecule has 0 saturated carbocycles. The Bertz CT molecular complexity index is 515. The minimum atomic E-state index is -3.42. The standard InChI is InChI=1S/C13H21FN2O2S/c1-10(2)15-7-4-8-19(17,18)16-12-6-5-11(3)13(14)9-12/h5-6,9-10,15-16H,4,7-8H2,1-3H3. The zero-order valence-electron chi connectivity index (χ0n) is 11.5. The van der Waals surface area contributed by atoms with E-state index >= 15 is 0 Å². The van der Waals surface area contributed by atoms with Crippen LogP contribution in [0.2, 0.25) is 0 Å². The third-order valence-electron chi connectivity index (χ3n) is 2.59. The van der Waals surface area contributed by atoms with Crippen molar-refractivity contribution in [2.75, 3.05) is 17.0 Å². The molecule has 2 N–H and O–H groups in total. The first-order chi connectivity index (χ1) is 8.80. The quantitative estimate of drug-likeness (QED) is 0.757. The van der Waals surface area contributed by atoms with Gasteiger partial charge in [-0.1, -0.05) is 19.9 Å².